The maximum absolute atomic E-state index is 12.4. The first-order chi connectivity index (χ1) is 13.2. The van der Waals surface area contributed by atoms with E-state index in [4.69, 9.17) is 9.47 Å². The first-order valence-electron chi connectivity index (χ1n) is 9.06. The number of carbonyl (C=O) groups is 1. The lowest BCUT2D eigenvalue weighted by Crippen LogP contribution is -2.46. The molecule has 1 atom stereocenters. The van der Waals surface area contributed by atoms with Gasteiger partial charge in [-0.2, -0.15) is 0 Å². The van der Waals surface area contributed by atoms with E-state index < -0.39 is 6.10 Å². The fraction of sp³-hybridized carbons (Fsp3) is 0.286. The summed E-state index contributed by atoms with van der Waals surface area (Å²) in [5, 5.41) is 0. The number of hydrogen-bond acceptors (Lipinski definition) is 5. The van der Waals surface area contributed by atoms with Gasteiger partial charge in [0.1, 0.15) is 5.75 Å². The zero-order chi connectivity index (χ0) is 18.6. The second kappa shape index (κ2) is 7.72. The summed E-state index contributed by atoms with van der Waals surface area (Å²) in [4.78, 5) is 23.3. The monoisotopic (exact) mass is 363 g/mol. The van der Waals surface area contributed by atoms with Gasteiger partial charge in [-0.15, -0.1) is 0 Å². The fourth-order valence-corrected chi connectivity index (χ4v) is 3.10. The largest absolute Gasteiger partial charge is 0.481 e. The summed E-state index contributed by atoms with van der Waals surface area (Å²) < 4.78 is 11.1. The molecule has 6 heteroatoms. The maximum atomic E-state index is 12.4. The Morgan fingerprint density at radius 2 is 1.78 bits per heavy atom. The Bertz CT molecular complexity index is 937. The van der Waals surface area contributed by atoms with Crippen LogP contribution in [0.25, 0.3) is 22.3 Å². The van der Waals surface area contributed by atoms with Crippen molar-refractivity contribution in [3.8, 4) is 17.0 Å². The molecular formula is C21H21N3O3. The molecule has 2 aromatic carbocycles. The molecule has 1 saturated heterocycles. The van der Waals surface area contributed by atoms with Crippen molar-refractivity contribution in [2.45, 2.75) is 13.0 Å². The Morgan fingerprint density at radius 1 is 1.07 bits per heavy atom. The number of fused-ring (bicyclic) bond motifs is 1. The first-order valence-corrected chi connectivity index (χ1v) is 9.06. The lowest BCUT2D eigenvalue weighted by Gasteiger charge is -2.29. The van der Waals surface area contributed by atoms with E-state index in [2.05, 4.69) is 9.97 Å². The SMILES string of the molecule is CC(Oc1ccc(-c2cnc3ccccc3n2)cc1)C(=O)N1CCOCC1. The summed E-state index contributed by atoms with van der Waals surface area (Å²) in [5.41, 5.74) is 3.49. The topological polar surface area (TPSA) is 64.6 Å². The molecule has 1 unspecified atom stereocenters. The van der Waals surface area contributed by atoms with Gasteiger partial charge in [-0.25, -0.2) is 4.98 Å². The van der Waals surface area contributed by atoms with Crippen molar-refractivity contribution >= 4 is 16.9 Å². The van der Waals surface area contributed by atoms with Gasteiger partial charge in [0.15, 0.2) is 6.10 Å². The lowest BCUT2D eigenvalue weighted by atomic mass is 10.1. The maximum Gasteiger partial charge on any atom is 0.263 e. The highest BCUT2D eigenvalue weighted by molar-refractivity contribution is 5.81. The van der Waals surface area contributed by atoms with Gasteiger partial charge in [-0.3, -0.25) is 9.78 Å². The van der Waals surface area contributed by atoms with E-state index in [9.17, 15) is 4.79 Å². The minimum Gasteiger partial charge on any atom is -0.481 e. The molecule has 6 nitrogen and oxygen atoms in total. The summed E-state index contributed by atoms with van der Waals surface area (Å²) in [5.74, 6) is 0.643. The lowest BCUT2D eigenvalue weighted by molar-refractivity contribution is -0.142. The first kappa shape index (κ1) is 17.4. The molecule has 0 saturated carbocycles. The second-order valence-electron chi connectivity index (χ2n) is 6.47. The van der Waals surface area contributed by atoms with E-state index in [1.165, 1.54) is 0 Å². The van der Waals surface area contributed by atoms with Crippen LogP contribution in [0.3, 0.4) is 0 Å². The van der Waals surface area contributed by atoms with Crippen molar-refractivity contribution in [3.05, 3.63) is 54.7 Å². The predicted molar refractivity (Wildman–Crippen MR) is 102 cm³/mol. The van der Waals surface area contributed by atoms with Crippen molar-refractivity contribution in [1.82, 2.24) is 14.9 Å². The van der Waals surface area contributed by atoms with Gasteiger partial charge < -0.3 is 14.4 Å². The van der Waals surface area contributed by atoms with Crippen LogP contribution in [-0.2, 0) is 9.53 Å². The number of benzene rings is 2. The van der Waals surface area contributed by atoms with Gasteiger partial charge in [0.05, 0.1) is 36.1 Å². The minimum absolute atomic E-state index is 0.0113. The zero-order valence-electron chi connectivity index (χ0n) is 15.2. The molecule has 0 radical (unpaired) electrons. The molecule has 0 spiro atoms. The van der Waals surface area contributed by atoms with Gasteiger partial charge in [-0.05, 0) is 43.3 Å². The minimum atomic E-state index is -0.533. The van der Waals surface area contributed by atoms with Gasteiger partial charge in [0, 0.05) is 18.7 Å². The van der Waals surface area contributed by atoms with Crippen LogP contribution < -0.4 is 4.74 Å². The summed E-state index contributed by atoms with van der Waals surface area (Å²) >= 11 is 0. The van der Waals surface area contributed by atoms with Crippen LogP contribution in [0.4, 0.5) is 0 Å². The number of para-hydroxylation sites is 2. The standard InChI is InChI=1S/C21H21N3O3/c1-15(21(25)24-10-12-26-13-11-24)27-17-8-6-16(7-9-17)20-14-22-18-4-2-3-5-19(18)23-20/h2-9,14-15H,10-13H2,1H3. The van der Waals surface area contributed by atoms with Crippen molar-refractivity contribution in [2.24, 2.45) is 0 Å². The number of carbonyl (C=O) groups excluding carboxylic acids is 1. The molecule has 4 rings (SSSR count). The van der Waals surface area contributed by atoms with Crippen molar-refractivity contribution in [1.29, 1.82) is 0 Å². The summed E-state index contributed by atoms with van der Waals surface area (Å²) in [6, 6.07) is 15.4. The molecule has 1 aromatic heterocycles. The van der Waals surface area contributed by atoms with Crippen LogP contribution in [0.2, 0.25) is 0 Å². The Balaban J connectivity index is 1.45. The van der Waals surface area contributed by atoms with Crippen LogP contribution in [0.1, 0.15) is 6.92 Å². The van der Waals surface area contributed by atoms with E-state index in [0.29, 0.717) is 32.1 Å². The summed E-state index contributed by atoms with van der Waals surface area (Å²) in [6.45, 7) is 4.18. The Morgan fingerprint density at radius 3 is 2.52 bits per heavy atom. The Labute approximate surface area is 157 Å². The highest BCUT2D eigenvalue weighted by Crippen LogP contribution is 2.23. The molecular weight excluding hydrogens is 342 g/mol. The van der Waals surface area contributed by atoms with Crippen molar-refractivity contribution in [3.63, 3.8) is 0 Å². The molecule has 1 fully saturated rings. The van der Waals surface area contributed by atoms with Gasteiger partial charge in [0.25, 0.3) is 5.91 Å². The van der Waals surface area contributed by atoms with Crippen LogP contribution in [0.5, 0.6) is 5.75 Å². The molecule has 1 aliphatic heterocycles. The molecule has 0 bridgehead atoms. The summed E-state index contributed by atoms with van der Waals surface area (Å²) in [7, 11) is 0. The molecule has 1 amide bonds. The normalized spacial score (nSPS) is 15.5. The number of rotatable bonds is 4. The molecule has 0 aliphatic carbocycles. The van der Waals surface area contributed by atoms with Crippen LogP contribution in [-0.4, -0.2) is 53.2 Å². The van der Waals surface area contributed by atoms with E-state index in [1.54, 1.807) is 18.0 Å². The predicted octanol–water partition coefficient (Wildman–Crippen LogP) is 2.92. The quantitative estimate of drug-likeness (QED) is 0.713. The number of morpholine rings is 1. The number of ether oxygens (including phenoxy) is 2. The van der Waals surface area contributed by atoms with Gasteiger partial charge >= 0.3 is 0 Å². The van der Waals surface area contributed by atoms with E-state index in [1.807, 2.05) is 48.5 Å². The number of amides is 1. The molecule has 1 aliphatic rings. The smallest absolute Gasteiger partial charge is 0.263 e. The third-order valence-corrected chi connectivity index (χ3v) is 4.58. The molecule has 138 valence electrons. The third kappa shape index (κ3) is 3.90. The highest BCUT2D eigenvalue weighted by Gasteiger charge is 2.23. The Kier molecular flexibility index (Phi) is 4.98. The van der Waals surface area contributed by atoms with Crippen LogP contribution >= 0.6 is 0 Å². The number of nitrogens with zero attached hydrogens (tertiary/aromatic N) is 3. The fourth-order valence-electron chi connectivity index (χ4n) is 3.10. The van der Waals surface area contributed by atoms with Crippen LogP contribution in [0, 0.1) is 0 Å². The van der Waals surface area contributed by atoms with Gasteiger partial charge in [0.2, 0.25) is 0 Å². The van der Waals surface area contributed by atoms with Crippen molar-refractivity contribution < 1.29 is 14.3 Å². The average molecular weight is 363 g/mol. The van der Waals surface area contributed by atoms with E-state index in [0.717, 1.165) is 22.3 Å². The molecule has 2 heterocycles. The van der Waals surface area contributed by atoms with Crippen molar-refractivity contribution in [2.75, 3.05) is 26.3 Å². The zero-order valence-corrected chi connectivity index (χ0v) is 15.2. The van der Waals surface area contributed by atoms with E-state index >= 15 is 0 Å². The molecule has 3 aromatic rings. The van der Waals surface area contributed by atoms with E-state index in [-0.39, 0.29) is 5.91 Å². The molecule has 0 N–H and O–H groups in total. The summed E-state index contributed by atoms with van der Waals surface area (Å²) in [6.07, 6.45) is 1.23. The molecule has 27 heavy (non-hydrogen) atoms. The van der Waals surface area contributed by atoms with Gasteiger partial charge in [-0.1, -0.05) is 12.1 Å². The number of hydrogen-bond donors (Lipinski definition) is 0. The third-order valence-electron chi connectivity index (χ3n) is 4.58. The average Bonchev–Trinajstić information content (AvgIpc) is 2.74. The second-order valence-corrected chi connectivity index (χ2v) is 6.47. The number of aromatic nitrogens is 2. The van der Waals surface area contributed by atoms with Crippen LogP contribution in [0.15, 0.2) is 54.7 Å². The highest BCUT2D eigenvalue weighted by atomic mass is 16.5. The Hall–Kier alpha value is -2.99.